The normalized spacial score (nSPS) is 10.4. The molecule has 0 saturated heterocycles. The van der Waals surface area contributed by atoms with Gasteiger partial charge in [0.05, 0.1) is 34.2 Å². The molecule has 0 aliphatic carbocycles. The number of halogens is 1. The van der Waals surface area contributed by atoms with Crippen molar-refractivity contribution in [3.05, 3.63) is 59.2 Å². The molecule has 0 saturated carbocycles. The van der Waals surface area contributed by atoms with Crippen LogP contribution >= 0.6 is 22.9 Å². The van der Waals surface area contributed by atoms with Crippen molar-refractivity contribution in [3.63, 3.8) is 0 Å². The van der Waals surface area contributed by atoms with E-state index in [0.29, 0.717) is 0 Å². The van der Waals surface area contributed by atoms with Crippen LogP contribution in [0.1, 0.15) is 16.7 Å². The van der Waals surface area contributed by atoms with Gasteiger partial charge in [0.15, 0.2) is 0 Å². The lowest BCUT2D eigenvalue weighted by Gasteiger charge is -2.18. The molecule has 0 N–H and O–H groups in total. The van der Waals surface area contributed by atoms with Crippen LogP contribution in [0.5, 0.6) is 0 Å². The third-order valence-corrected chi connectivity index (χ3v) is 3.78. The molecule has 0 fully saturated rings. The first-order valence-electron chi connectivity index (χ1n) is 5.67. The Balaban J connectivity index is 2.39. The molecule has 0 amide bonds. The van der Waals surface area contributed by atoms with E-state index in [0.717, 1.165) is 0 Å². The van der Waals surface area contributed by atoms with Crippen molar-refractivity contribution in [1.29, 1.82) is 0 Å². The third kappa shape index (κ3) is 3.00. The summed E-state index contributed by atoms with van der Waals surface area (Å²) in [6.07, 6.45) is 0. The summed E-state index contributed by atoms with van der Waals surface area (Å²) in [5.41, 5.74) is 6.33. The van der Waals surface area contributed by atoms with E-state index >= 15 is 0 Å². The highest BCUT2D eigenvalue weighted by Crippen LogP contribution is 2.31. The van der Waals surface area contributed by atoms with Gasteiger partial charge in [-0.25, -0.2) is 0 Å². The number of nitrogens with zero attached hydrogens (tertiary/aromatic N) is 1. The number of anilines is 2. The van der Waals surface area contributed by atoms with Gasteiger partial charge in [0, 0.05) is 0 Å². The van der Waals surface area contributed by atoms with Crippen molar-refractivity contribution in [3.8, 4) is 0 Å². The van der Waals surface area contributed by atoms with E-state index in [-0.39, 0.29) is 0 Å². The molecule has 17 heavy (non-hydrogen) atoms. The zero-order chi connectivity index (χ0) is 12.4. The summed E-state index contributed by atoms with van der Waals surface area (Å²) in [5, 5.41) is 0. The molecular weight excluding hydrogens is 321 g/mol. The van der Waals surface area contributed by atoms with E-state index in [1.54, 1.807) is 0 Å². The summed E-state index contributed by atoms with van der Waals surface area (Å²) in [6.45, 7) is 6.39. The standard InChI is InChI=1S/C15H16IN/c1-11-5-4-6-14(8-11)17(16)15-9-12(2)7-13(3)10-15/h4-10H,1-3H3. The summed E-state index contributed by atoms with van der Waals surface area (Å²) >= 11 is 2.36. The van der Waals surface area contributed by atoms with Gasteiger partial charge in [0.2, 0.25) is 0 Å². The predicted molar refractivity (Wildman–Crippen MR) is 83.3 cm³/mol. The largest absolute Gasteiger partial charge is 0.283 e. The van der Waals surface area contributed by atoms with Crippen LogP contribution in [0.4, 0.5) is 11.4 Å². The van der Waals surface area contributed by atoms with E-state index in [2.05, 4.69) is 89.2 Å². The number of aryl methyl sites for hydroxylation is 3. The Morgan fingerprint density at radius 1 is 0.765 bits per heavy atom. The van der Waals surface area contributed by atoms with E-state index in [4.69, 9.17) is 0 Å². The molecule has 2 rings (SSSR count). The summed E-state index contributed by atoms with van der Waals surface area (Å²) < 4.78 is 2.20. The molecule has 0 bridgehead atoms. The first kappa shape index (κ1) is 12.4. The fraction of sp³-hybridized carbons (Fsp3) is 0.200. The average Bonchev–Trinajstić information content (AvgIpc) is 2.26. The summed E-state index contributed by atoms with van der Waals surface area (Å²) in [6, 6.07) is 15.2. The van der Waals surface area contributed by atoms with Crippen LogP contribution in [0.3, 0.4) is 0 Å². The van der Waals surface area contributed by atoms with Gasteiger partial charge in [-0.15, -0.1) is 0 Å². The first-order valence-corrected chi connectivity index (χ1v) is 6.63. The van der Waals surface area contributed by atoms with Crippen LogP contribution < -0.4 is 3.11 Å². The Kier molecular flexibility index (Phi) is 3.72. The quantitative estimate of drug-likeness (QED) is 0.544. The molecule has 88 valence electrons. The Morgan fingerprint density at radius 2 is 1.35 bits per heavy atom. The lowest BCUT2D eigenvalue weighted by atomic mass is 10.1. The van der Waals surface area contributed by atoms with Crippen molar-refractivity contribution in [2.75, 3.05) is 3.11 Å². The van der Waals surface area contributed by atoms with Crippen LogP contribution in [-0.2, 0) is 0 Å². The molecule has 2 aromatic rings. The summed E-state index contributed by atoms with van der Waals surface area (Å²) in [5.74, 6) is 0. The Bertz CT molecular complexity index is 514. The zero-order valence-electron chi connectivity index (χ0n) is 10.4. The van der Waals surface area contributed by atoms with E-state index < -0.39 is 0 Å². The van der Waals surface area contributed by atoms with Gasteiger partial charge in [-0.1, -0.05) is 18.2 Å². The molecule has 2 aromatic carbocycles. The molecule has 0 spiro atoms. The van der Waals surface area contributed by atoms with Gasteiger partial charge in [-0.2, -0.15) is 0 Å². The summed E-state index contributed by atoms with van der Waals surface area (Å²) in [7, 11) is 0. The van der Waals surface area contributed by atoms with E-state index in [1.165, 1.54) is 28.1 Å². The fourth-order valence-electron chi connectivity index (χ4n) is 1.96. The smallest absolute Gasteiger partial charge is 0.0646 e. The molecule has 0 unspecified atom stereocenters. The van der Waals surface area contributed by atoms with Crippen LogP contribution in [0.15, 0.2) is 42.5 Å². The zero-order valence-corrected chi connectivity index (χ0v) is 12.5. The Hall–Kier alpha value is -1.03. The van der Waals surface area contributed by atoms with Crippen molar-refractivity contribution >= 4 is 34.2 Å². The number of rotatable bonds is 2. The monoisotopic (exact) mass is 337 g/mol. The molecule has 1 nitrogen and oxygen atoms in total. The van der Waals surface area contributed by atoms with Crippen LogP contribution in [0, 0.1) is 20.8 Å². The van der Waals surface area contributed by atoms with Crippen molar-refractivity contribution in [2.24, 2.45) is 0 Å². The maximum atomic E-state index is 2.36. The topological polar surface area (TPSA) is 3.24 Å². The molecule has 0 aliphatic heterocycles. The highest BCUT2D eigenvalue weighted by molar-refractivity contribution is 14.1. The minimum Gasteiger partial charge on any atom is -0.283 e. The van der Waals surface area contributed by atoms with E-state index in [9.17, 15) is 0 Å². The van der Waals surface area contributed by atoms with Gasteiger partial charge >= 0.3 is 0 Å². The average molecular weight is 337 g/mol. The second kappa shape index (κ2) is 5.08. The molecule has 0 radical (unpaired) electrons. The SMILES string of the molecule is Cc1cccc(N(I)c2cc(C)cc(C)c2)c1. The predicted octanol–water partition coefficient (Wildman–Crippen LogP) is 5.10. The Morgan fingerprint density at radius 3 is 1.94 bits per heavy atom. The van der Waals surface area contributed by atoms with Gasteiger partial charge in [0.25, 0.3) is 0 Å². The highest BCUT2D eigenvalue weighted by atomic mass is 127. The molecule has 0 aromatic heterocycles. The van der Waals surface area contributed by atoms with Crippen LogP contribution in [0.2, 0.25) is 0 Å². The van der Waals surface area contributed by atoms with E-state index in [1.807, 2.05) is 0 Å². The van der Waals surface area contributed by atoms with Crippen LogP contribution in [0.25, 0.3) is 0 Å². The fourth-order valence-corrected chi connectivity index (χ4v) is 2.54. The lowest BCUT2D eigenvalue weighted by Crippen LogP contribution is -2.01. The lowest BCUT2D eigenvalue weighted by molar-refractivity contribution is 1.34. The van der Waals surface area contributed by atoms with Gasteiger partial charge in [-0.3, -0.25) is 3.11 Å². The molecular formula is C15H16IN. The van der Waals surface area contributed by atoms with Crippen molar-refractivity contribution < 1.29 is 0 Å². The number of hydrogen-bond acceptors (Lipinski definition) is 1. The van der Waals surface area contributed by atoms with Crippen molar-refractivity contribution in [2.45, 2.75) is 20.8 Å². The third-order valence-electron chi connectivity index (χ3n) is 2.66. The Labute approximate surface area is 117 Å². The highest BCUT2D eigenvalue weighted by Gasteiger charge is 2.06. The van der Waals surface area contributed by atoms with Gasteiger partial charge in [0.1, 0.15) is 0 Å². The minimum absolute atomic E-state index is 1.22. The number of benzene rings is 2. The van der Waals surface area contributed by atoms with Gasteiger partial charge < -0.3 is 0 Å². The van der Waals surface area contributed by atoms with Crippen LogP contribution in [-0.4, -0.2) is 0 Å². The minimum atomic E-state index is 1.22. The first-order chi connectivity index (χ1) is 8.06. The molecule has 0 heterocycles. The second-order valence-corrected chi connectivity index (χ2v) is 5.43. The maximum absolute atomic E-state index is 2.36. The second-order valence-electron chi connectivity index (χ2n) is 4.47. The summed E-state index contributed by atoms with van der Waals surface area (Å²) in [4.78, 5) is 0. The molecule has 2 heteroatoms. The maximum Gasteiger partial charge on any atom is 0.0646 e. The number of hydrogen-bond donors (Lipinski definition) is 0. The van der Waals surface area contributed by atoms with Gasteiger partial charge in [-0.05, 0) is 61.7 Å². The van der Waals surface area contributed by atoms with Crippen molar-refractivity contribution in [1.82, 2.24) is 0 Å². The molecule has 0 atom stereocenters. The molecule has 0 aliphatic rings.